The summed E-state index contributed by atoms with van der Waals surface area (Å²) < 4.78 is 4.77. The zero-order valence-electron chi connectivity index (χ0n) is 13.7. The van der Waals surface area contributed by atoms with Gasteiger partial charge in [-0.1, -0.05) is 20.8 Å². The zero-order chi connectivity index (χ0) is 16.5. The lowest BCUT2D eigenvalue weighted by molar-refractivity contribution is -0.177. The van der Waals surface area contributed by atoms with E-state index in [2.05, 4.69) is 0 Å². The maximum Gasteiger partial charge on any atom is 0.322 e. The fourth-order valence-electron chi connectivity index (χ4n) is 1.22. The minimum atomic E-state index is -1.53. The summed E-state index contributed by atoms with van der Waals surface area (Å²) in [5.74, 6) is -2.06. The highest BCUT2D eigenvalue weighted by Crippen LogP contribution is 2.30. The van der Waals surface area contributed by atoms with Crippen LogP contribution in [-0.4, -0.2) is 28.9 Å². The Hall–Kier alpha value is -1.23. The van der Waals surface area contributed by atoms with Gasteiger partial charge < -0.3 is 9.84 Å². The minimum Gasteiger partial charge on any atom is -0.392 e. The number of hydrogen-bond donors (Lipinski definition) is 1. The molecule has 0 spiro atoms. The first kappa shape index (κ1) is 18.8. The van der Waals surface area contributed by atoms with Crippen molar-refractivity contribution in [3.8, 4) is 0 Å². The lowest BCUT2D eigenvalue weighted by atomic mass is 9.76. The average molecular weight is 286 g/mol. The monoisotopic (exact) mass is 286 g/mol. The van der Waals surface area contributed by atoms with Crippen LogP contribution in [0.2, 0.25) is 0 Å². The van der Waals surface area contributed by atoms with Crippen molar-refractivity contribution in [2.75, 3.05) is 0 Å². The molecule has 0 aromatic heterocycles. The van der Waals surface area contributed by atoms with E-state index in [4.69, 9.17) is 4.74 Å². The summed E-state index contributed by atoms with van der Waals surface area (Å²) in [5, 5.41) is 10.1. The van der Waals surface area contributed by atoms with Gasteiger partial charge in [-0.15, -0.1) is 0 Å². The number of ether oxygens (including phenoxy) is 1. The Labute approximate surface area is 120 Å². The molecule has 5 nitrogen and oxygen atoms in total. The van der Waals surface area contributed by atoms with Crippen molar-refractivity contribution in [2.24, 2.45) is 16.2 Å². The average Bonchev–Trinajstić information content (AvgIpc) is 2.23. The Kier molecular flexibility index (Phi) is 5.29. The first-order valence-electron chi connectivity index (χ1n) is 6.61. The Balaban J connectivity index is 5.11. The van der Waals surface area contributed by atoms with Gasteiger partial charge in [-0.05, 0) is 34.6 Å². The van der Waals surface area contributed by atoms with Crippen LogP contribution in [0.1, 0.15) is 55.4 Å². The predicted molar refractivity (Wildman–Crippen MR) is 74.8 cm³/mol. The third-order valence-electron chi connectivity index (χ3n) is 3.00. The second kappa shape index (κ2) is 5.64. The van der Waals surface area contributed by atoms with Crippen LogP contribution in [0.25, 0.3) is 0 Å². The molecule has 0 aromatic carbocycles. The summed E-state index contributed by atoms with van der Waals surface area (Å²) in [5.41, 5.74) is -3.10. The number of ketones is 1. The van der Waals surface area contributed by atoms with Crippen molar-refractivity contribution in [3.05, 3.63) is 0 Å². The Morgan fingerprint density at radius 3 is 1.50 bits per heavy atom. The molecule has 0 saturated heterocycles. The number of carbonyl (C=O) groups excluding carboxylic acids is 3. The van der Waals surface area contributed by atoms with Crippen LogP contribution in [0.5, 0.6) is 0 Å². The fraction of sp³-hybridized carbons (Fsp3) is 0.800. The molecule has 5 heteroatoms. The molecule has 0 fully saturated rings. The summed E-state index contributed by atoms with van der Waals surface area (Å²) in [7, 11) is 0. The maximum atomic E-state index is 12.1. The molecule has 0 aromatic rings. The van der Waals surface area contributed by atoms with Gasteiger partial charge in [0.25, 0.3) is 0 Å². The van der Waals surface area contributed by atoms with Gasteiger partial charge in [0.15, 0.2) is 5.78 Å². The van der Waals surface area contributed by atoms with Crippen molar-refractivity contribution >= 4 is 17.7 Å². The van der Waals surface area contributed by atoms with Crippen LogP contribution in [0.3, 0.4) is 0 Å². The molecule has 0 bridgehead atoms. The molecule has 1 unspecified atom stereocenters. The highest BCUT2D eigenvalue weighted by Gasteiger charge is 2.46. The molecule has 116 valence electrons. The van der Waals surface area contributed by atoms with E-state index in [0.717, 1.165) is 0 Å². The molecule has 20 heavy (non-hydrogen) atoms. The molecule has 0 aliphatic carbocycles. The van der Waals surface area contributed by atoms with Crippen LogP contribution in [0.15, 0.2) is 0 Å². The standard InChI is InChI=1S/C15H26O5/c1-13(2,3)9(16)10(17)15(7,8)12(19)20-11(18)14(4,5)6/h10,17H,1-8H3. The molecule has 0 aliphatic rings. The van der Waals surface area contributed by atoms with E-state index in [1.54, 1.807) is 41.5 Å². The topological polar surface area (TPSA) is 80.7 Å². The van der Waals surface area contributed by atoms with E-state index >= 15 is 0 Å². The fourth-order valence-corrected chi connectivity index (χ4v) is 1.22. The normalized spacial score (nSPS) is 14.7. The van der Waals surface area contributed by atoms with E-state index in [1.807, 2.05) is 0 Å². The van der Waals surface area contributed by atoms with E-state index < -0.39 is 40.1 Å². The Bertz CT molecular complexity index is 407. The number of carbonyl (C=O) groups is 3. The number of esters is 2. The molecule has 1 atom stereocenters. The second-order valence-corrected chi connectivity index (χ2v) is 7.67. The first-order valence-corrected chi connectivity index (χ1v) is 6.61. The quantitative estimate of drug-likeness (QED) is 0.635. The highest BCUT2D eigenvalue weighted by atomic mass is 16.6. The van der Waals surface area contributed by atoms with E-state index in [-0.39, 0.29) is 0 Å². The van der Waals surface area contributed by atoms with Gasteiger partial charge in [0.2, 0.25) is 0 Å². The number of Topliss-reactive ketones (excluding diaryl/α,β-unsaturated/α-hetero) is 1. The molecular weight excluding hydrogens is 260 g/mol. The summed E-state index contributed by atoms with van der Waals surface area (Å²) in [6, 6.07) is 0. The van der Waals surface area contributed by atoms with Crippen molar-refractivity contribution in [3.63, 3.8) is 0 Å². The zero-order valence-corrected chi connectivity index (χ0v) is 13.7. The number of hydrogen-bond acceptors (Lipinski definition) is 5. The molecule has 0 amide bonds. The van der Waals surface area contributed by atoms with Crippen molar-refractivity contribution in [1.82, 2.24) is 0 Å². The van der Waals surface area contributed by atoms with E-state index in [9.17, 15) is 19.5 Å². The summed E-state index contributed by atoms with van der Waals surface area (Å²) in [6.45, 7) is 12.6. The second-order valence-electron chi connectivity index (χ2n) is 7.67. The van der Waals surface area contributed by atoms with Gasteiger partial charge in [-0.2, -0.15) is 0 Å². The van der Waals surface area contributed by atoms with E-state index in [1.165, 1.54) is 13.8 Å². The number of aliphatic hydroxyl groups excluding tert-OH is 1. The van der Waals surface area contributed by atoms with Gasteiger partial charge in [0.05, 0.1) is 10.8 Å². The van der Waals surface area contributed by atoms with Gasteiger partial charge in [0, 0.05) is 5.41 Å². The summed E-state index contributed by atoms with van der Waals surface area (Å²) in [6.07, 6.45) is -1.53. The molecule has 0 rings (SSSR count). The third kappa shape index (κ3) is 4.40. The molecule has 0 radical (unpaired) electrons. The molecular formula is C15H26O5. The Morgan fingerprint density at radius 2 is 1.20 bits per heavy atom. The van der Waals surface area contributed by atoms with Crippen LogP contribution < -0.4 is 0 Å². The largest absolute Gasteiger partial charge is 0.392 e. The highest BCUT2D eigenvalue weighted by molar-refractivity contribution is 5.97. The summed E-state index contributed by atoms with van der Waals surface area (Å²) in [4.78, 5) is 35.8. The smallest absolute Gasteiger partial charge is 0.322 e. The van der Waals surface area contributed by atoms with E-state index in [0.29, 0.717) is 0 Å². The lowest BCUT2D eigenvalue weighted by Gasteiger charge is -2.31. The number of aliphatic hydroxyl groups is 1. The van der Waals surface area contributed by atoms with Crippen LogP contribution in [0, 0.1) is 16.2 Å². The minimum absolute atomic E-state index is 0.470. The molecule has 0 aliphatic heterocycles. The molecule has 0 saturated carbocycles. The van der Waals surface area contributed by atoms with Gasteiger partial charge >= 0.3 is 11.9 Å². The summed E-state index contributed by atoms with van der Waals surface area (Å²) >= 11 is 0. The van der Waals surface area contributed by atoms with Crippen molar-refractivity contribution in [2.45, 2.75) is 61.5 Å². The maximum absolute atomic E-state index is 12.1. The van der Waals surface area contributed by atoms with Crippen LogP contribution >= 0.6 is 0 Å². The molecule has 1 N–H and O–H groups in total. The Morgan fingerprint density at radius 1 is 0.800 bits per heavy atom. The number of rotatable bonds is 3. The predicted octanol–water partition coefficient (Wildman–Crippen LogP) is 2.10. The third-order valence-corrected chi connectivity index (χ3v) is 3.00. The first-order chi connectivity index (χ1) is 8.61. The van der Waals surface area contributed by atoms with Crippen molar-refractivity contribution in [1.29, 1.82) is 0 Å². The SMILES string of the molecule is CC(C)(C)C(=O)OC(=O)C(C)(C)C(O)C(=O)C(C)(C)C. The van der Waals surface area contributed by atoms with Gasteiger partial charge in [-0.3, -0.25) is 14.4 Å². The van der Waals surface area contributed by atoms with Gasteiger partial charge in [-0.25, -0.2) is 0 Å². The molecule has 0 heterocycles. The van der Waals surface area contributed by atoms with Crippen LogP contribution in [0.4, 0.5) is 0 Å². The van der Waals surface area contributed by atoms with Crippen molar-refractivity contribution < 1.29 is 24.2 Å². The lowest BCUT2D eigenvalue weighted by Crippen LogP contribution is -2.48. The van der Waals surface area contributed by atoms with Crippen LogP contribution in [-0.2, 0) is 19.1 Å². The van der Waals surface area contributed by atoms with Gasteiger partial charge in [0.1, 0.15) is 6.10 Å².